The number of hydrogen-bond donors (Lipinski definition) is 2. The van der Waals surface area contributed by atoms with Gasteiger partial charge in [0.25, 0.3) is 0 Å². The average Bonchev–Trinajstić information content (AvgIpc) is 2.91. The van der Waals surface area contributed by atoms with Gasteiger partial charge in [0.1, 0.15) is 6.10 Å². The van der Waals surface area contributed by atoms with E-state index in [9.17, 15) is 9.90 Å². The van der Waals surface area contributed by atoms with Gasteiger partial charge in [0.15, 0.2) is 0 Å². The summed E-state index contributed by atoms with van der Waals surface area (Å²) in [6, 6.07) is 3.71. The lowest BCUT2D eigenvalue weighted by atomic mass is 10.0. The van der Waals surface area contributed by atoms with Crippen molar-refractivity contribution < 1.29 is 14.6 Å². The third kappa shape index (κ3) is 5.72. The van der Waals surface area contributed by atoms with Crippen molar-refractivity contribution in [3.05, 3.63) is 22.4 Å². The molecule has 19 heavy (non-hydrogen) atoms. The van der Waals surface area contributed by atoms with Crippen LogP contribution in [-0.4, -0.2) is 30.8 Å². The van der Waals surface area contributed by atoms with Gasteiger partial charge in [-0.1, -0.05) is 19.9 Å². The van der Waals surface area contributed by atoms with Gasteiger partial charge in [-0.15, -0.1) is 11.3 Å². The Morgan fingerprint density at radius 3 is 2.79 bits per heavy atom. The number of rotatable bonds is 8. The molecule has 108 valence electrons. The molecule has 0 spiro atoms. The number of aliphatic hydroxyl groups excluding tert-OH is 1. The van der Waals surface area contributed by atoms with E-state index in [0.717, 1.165) is 11.4 Å². The largest absolute Gasteiger partial charge is 0.469 e. The standard InChI is InChI=1S/C14H23NO3S/c1-10(2)9-15-11(6-7-13(16)18-3)14(17)12-5-4-8-19-12/h4-5,8,10-11,14-15,17H,6-7,9H2,1-3H3. The molecule has 2 unspecified atom stereocenters. The molecule has 0 fully saturated rings. The number of methoxy groups -OCH3 is 1. The van der Waals surface area contributed by atoms with Gasteiger partial charge in [0.05, 0.1) is 7.11 Å². The van der Waals surface area contributed by atoms with E-state index in [4.69, 9.17) is 0 Å². The molecule has 2 N–H and O–H groups in total. The van der Waals surface area contributed by atoms with Gasteiger partial charge in [-0.25, -0.2) is 0 Å². The van der Waals surface area contributed by atoms with Crippen LogP contribution in [0.2, 0.25) is 0 Å². The first-order chi connectivity index (χ1) is 9.04. The number of carbonyl (C=O) groups is 1. The van der Waals surface area contributed by atoms with Crippen LogP contribution in [0.3, 0.4) is 0 Å². The van der Waals surface area contributed by atoms with Crippen molar-refractivity contribution in [2.45, 2.75) is 38.8 Å². The molecular weight excluding hydrogens is 262 g/mol. The molecule has 0 radical (unpaired) electrons. The molecule has 4 nitrogen and oxygen atoms in total. The van der Waals surface area contributed by atoms with Crippen LogP contribution in [0.15, 0.2) is 17.5 Å². The predicted molar refractivity (Wildman–Crippen MR) is 77.2 cm³/mol. The third-order valence-electron chi connectivity index (χ3n) is 2.89. The number of esters is 1. The maximum Gasteiger partial charge on any atom is 0.305 e. The summed E-state index contributed by atoms with van der Waals surface area (Å²) < 4.78 is 4.65. The Morgan fingerprint density at radius 2 is 2.26 bits per heavy atom. The number of thiophene rings is 1. The lowest BCUT2D eigenvalue weighted by molar-refractivity contribution is -0.141. The van der Waals surface area contributed by atoms with Crippen LogP contribution >= 0.6 is 11.3 Å². The summed E-state index contributed by atoms with van der Waals surface area (Å²) in [6.45, 7) is 5.04. The molecule has 1 aromatic heterocycles. The summed E-state index contributed by atoms with van der Waals surface area (Å²) in [5.74, 6) is 0.255. The SMILES string of the molecule is COC(=O)CCC(NCC(C)C)C(O)c1cccs1. The van der Waals surface area contributed by atoms with Crippen LogP contribution < -0.4 is 5.32 Å². The second kappa shape index (κ2) is 8.30. The Hall–Kier alpha value is -0.910. The van der Waals surface area contributed by atoms with E-state index in [1.807, 2.05) is 17.5 Å². The van der Waals surface area contributed by atoms with Crippen molar-refractivity contribution in [2.75, 3.05) is 13.7 Å². The first-order valence-corrected chi connectivity index (χ1v) is 7.44. The zero-order valence-corrected chi connectivity index (χ0v) is 12.6. The minimum atomic E-state index is -0.580. The second-order valence-electron chi connectivity index (χ2n) is 4.98. The molecule has 0 saturated carbocycles. The first kappa shape index (κ1) is 16.1. The van der Waals surface area contributed by atoms with Crippen molar-refractivity contribution >= 4 is 17.3 Å². The number of nitrogens with one attached hydrogen (secondary N) is 1. The topological polar surface area (TPSA) is 58.6 Å². The van der Waals surface area contributed by atoms with Crippen molar-refractivity contribution in [1.29, 1.82) is 0 Å². The van der Waals surface area contributed by atoms with E-state index >= 15 is 0 Å². The van der Waals surface area contributed by atoms with Crippen LogP contribution in [0.5, 0.6) is 0 Å². The summed E-state index contributed by atoms with van der Waals surface area (Å²) in [5, 5.41) is 15.6. The monoisotopic (exact) mass is 285 g/mol. The second-order valence-corrected chi connectivity index (χ2v) is 5.96. The molecule has 0 aromatic carbocycles. The lowest BCUT2D eigenvalue weighted by Crippen LogP contribution is -2.37. The minimum absolute atomic E-state index is 0.125. The molecule has 0 amide bonds. The molecule has 2 atom stereocenters. The number of aliphatic hydroxyl groups is 1. The maximum atomic E-state index is 11.2. The van der Waals surface area contributed by atoms with Crippen LogP contribution in [-0.2, 0) is 9.53 Å². The van der Waals surface area contributed by atoms with Gasteiger partial charge in [-0.05, 0) is 30.3 Å². The molecule has 1 heterocycles. The van der Waals surface area contributed by atoms with E-state index in [1.54, 1.807) is 0 Å². The van der Waals surface area contributed by atoms with Gasteiger partial charge in [-0.2, -0.15) is 0 Å². The maximum absolute atomic E-state index is 11.2. The van der Waals surface area contributed by atoms with Crippen LogP contribution in [0.25, 0.3) is 0 Å². The molecule has 1 aromatic rings. The quantitative estimate of drug-likeness (QED) is 0.720. The van der Waals surface area contributed by atoms with Gasteiger partial charge < -0.3 is 15.2 Å². The molecule has 0 bridgehead atoms. The molecular formula is C14H23NO3S. The van der Waals surface area contributed by atoms with Crippen molar-refractivity contribution in [2.24, 2.45) is 5.92 Å². The smallest absolute Gasteiger partial charge is 0.305 e. The molecule has 0 aliphatic rings. The zero-order chi connectivity index (χ0) is 14.3. The van der Waals surface area contributed by atoms with Crippen molar-refractivity contribution in [3.63, 3.8) is 0 Å². The highest BCUT2D eigenvalue weighted by molar-refractivity contribution is 7.10. The molecule has 5 heteroatoms. The lowest BCUT2D eigenvalue weighted by Gasteiger charge is -2.24. The van der Waals surface area contributed by atoms with Crippen molar-refractivity contribution in [3.8, 4) is 0 Å². The molecule has 0 aliphatic carbocycles. The highest BCUT2D eigenvalue weighted by atomic mass is 32.1. The third-order valence-corrected chi connectivity index (χ3v) is 3.83. The number of carbonyl (C=O) groups excluding carboxylic acids is 1. The van der Waals surface area contributed by atoms with Crippen LogP contribution in [0.1, 0.15) is 37.7 Å². The van der Waals surface area contributed by atoms with E-state index in [2.05, 4.69) is 23.9 Å². The molecule has 0 aliphatic heterocycles. The Labute approximate surface area is 118 Å². The minimum Gasteiger partial charge on any atom is -0.469 e. The first-order valence-electron chi connectivity index (χ1n) is 6.56. The molecule has 1 rings (SSSR count). The summed E-state index contributed by atoms with van der Waals surface area (Å²) in [4.78, 5) is 12.2. The van der Waals surface area contributed by atoms with Gasteiger partial charge in [0.2, 0.25) is 0 Å². The molecule has 0 saturated heterocycles. The van der Waals surface area contributed by atoms with Crippen LogP contribution in [0, 0.1) is 5.92 Å². The normalized spacial score (nSPS) is 14.4. The van der Waals surface area contributed by atoms with Crippen molar-refractivity contribution in [1.82, 2.24) is 5.32 Å². The highest BCUT2D eigenvalue weighted by Crippen LogP contribution is 2.24. The Bertz CT molecular complexity index is 365. The predicted octanol–water partition coefficient (Wildman–Crippen LogP) is 2.35. The fraction of sp³-hybridized carbons (Fsp3) is 0.643. The Morgan fingerprint density at radius 1 is 1.53 bits per heavy atom. The van der Waals surface area contributed by atoms with E-state index in [1.165, 1.54) is 18.4 Å². The van der Waals surface area contributed by atoms with Gasteiger partial charge in [-0.3, -0.25) is 4.79 Å². The Kier molecular flexibility index (Phi) is 7.05. The van der Waals surface area contributed by atoms with E-state index in [-0.39, 0.29) is 12.0 Å². The Balaban J connectivity index is 2.59. The fourth-order valence-corrected chi connectivity index (χ4v) is 2.57. The van der Waals surface area contributed by atoms with E-state index in [0.29, 0.717) is 18.8 Å². The zero-order valence-electron chi connectivity index (χ0n) is 11.8. The average molecular weight is 285 g/mol. The summed E-state index contributed by atoms with van der Waals surface area (Å²) in [5.41, 5.74) is 0. The summed E-state index contributed by atoms with van der Waals surface area (Å²) >= 11 is 1.53. The number of hydrogen-bond acceptors (Lipinski definition) is 5. The summed E-state index contributed by atoms with van der Waals surface area (Å²) in [6.07, 6.45) is 0.302. The number of ether oxygens (including phenoxy) is 1. The highest BCUT2D eigenvalue weighted by Gasteiger charge is 2.22. The fourth-order valence-electron chi connectivity index (χ4n) is 1.79. The summed E-state index contributed by atoms with van der Waals surface area (Å²) in [7, 11) is 1.38. The van der Waals surface area contributed by atoms with E-state index < -0.39 is 6.10 Å². The van der Waals surface area contributed by atoms with Crippen LogP contribution in [0.4, 0.5) is 0 Å². The van der Waals surface area contributed by atoms with Gasteiger partial charge in [0, 0.05) is 17.3 Å². The van der Waals surface area contributed by atoms with Gasteiger partial charge >= 0.3 is 5.97 Å².